The molecule has 2 aliphatic heterocycles. The number of hydrogen-bond donors (Lipinski definition) is 1. The molecule has 25 heavy (non-hydrogen) atoms. The first-order chi connectivity index (χ1) is 12.2. The first kappa shape index (κ1) is 18.5. The molecule has 0 aliphatic carbocycles. The molecule has 1 atom stereocenters. The van der Waals surface area contributed by atoms with Crippen LogP contribution in [0.3, 0.4) is 0 Å². The van der Waals surface area contributed by atoms with Crippen molar-refractivity contribution >= 4 is 23.2 Å². The number of anilines is 1. The van der Waals surface area contributed by atoms with Crippen LogP contribution in [0.2, 0.25) is 5.02 Å². The zero-order chi connectivity index (χ0) is 17.6. The Morgan fingerprint density at radius 2 is 2.16 bits per heavy atom. The molecule has 7 heteroatoms. The molecule has 0 aromatic heterocycles. The van der Waals surface area contributed by atoms with E-state index in [0.717, 1.165) is 19.4 Å². The van der Waals surface area contributed by atoms with Gasteiger partial charge in [0.05, 0.1) is 32.1 Å². The first-order valence-corrected chi connectivity index (χ1v) is 9.16. The van der Waals surface area contributed by atoms with Crippen LogP contribution in [0.4, 0.5) is 5.69 Å². The van der Waals surface area contributed by atoms with Crippen molar-refractivity contribution in [3.05, 3.63) is 23.2 Å². The quantitative estimate of drug-likeness (QED) is 0.836. The van der Waals surface area contributed by atoms with Gasteiger partial charge in [-0.05, 0) is 37.6 Å². The van der Waals surface area contributed by atoms with Crippen molar-refractivity contribution in [1.29, 1.82) is 0 Å². The molecule has 2 saturated heterocycles. The van der Waals surface area contributed by atoms with Crippen molar-refractivity contribution < 1.29 is 19.0 Å². The van der Waals surface area contributed by atoms with Crippen LogP contribution >= 0.6 is 11.6 Å². The molecule has 138 valence electrons. The number of hydrogen-bond acceptors (Lipinski definition) is 5. The van der Waals surface area contributed by atoms with E-state index in [0.29, 0.717) is 42.6 Å². The van der Waals surface area contributed by atoms with Gasteiger partial charge in [0.15, 0.2) is 6.29 Å². The van der Waals surface area contributed by atoms with Crippen LogP contribution in [0.5, 0.6) is 5.75 Å². The molecule has 0 spiro atoms. The number of carbonyl (C=O) groups excluding carboxylic acids is 1. The lowest BCUT2D eigenvalue weighted by Gasteiger charge is -2.37. The predicted molar refractivity (Wildman–Crippen MR) is 96.2 cm³/mol. The van der Waals surface area contributed by atoms with Crippen molar-refractivity contribution in [3.63, 3.8) is 0 Å². The maximum absolute atomic E-state index is 12.4. The molecule has 1 unspecified atom stereocenters. The lowest BCUT2D eigenvalue weighted by Crippen LogP contribution is -2.48. The fraction of sp³-hybridized carbons (Fsp3) is 0.611. The zero-order valence-corrected chi connectivity index (χ0v) is 15.3. The van der Waals surface area contributed by atoms with Crippen LogP contribution < -0.4 is 10.1 Å². The Balaban J connectivity index is 1.55. The molecule has 1 N–H and O–H groups in total. The Labute approximate surface area is 153 Å². The minimum atomic E-state index is -0.156. The standard InChI is InChI=1S/C18H25ClN2O4/c1-23-16-6-5-13(19)12-14(16)20-17(22)7-9-21-8-3-2-4-15(21)18-24-10-11-25-18/h5-6,12,15,18H,2-4,7-11H2,1H3,(H,20,22). The van der Waals surface area contributed by atoms with E-state index in [1.807, 2.05) is 0 Å². The number of halogens is 1. The van der Waals surface area contributed by atoms with E-state index in [-0.39, 0.29) is 18.2 Å². The fourth-order valence-corrected chi connectivity index (χ4v) is 3.61. The average Bonchev–Trinajstić information content (AvgIpc) is 3.15. The molecular formula is C18H25ClN2O4. The van der Waals surface area contributed by atoms with Gasteiger partial charge in [-0.3, -0.25) is 9.69 Å². The third kappa shape index (κ3) is 4.85. The number of rotatable bonds is 6. The molecule has 2 fully saturated rings. The van der Waals surface area contributed by atoms with Crippen LogP contribution in [0.15, 0.2) is 18.2 Å². The fourth-order valence-electron chi connectivity index (χ4n) is 3.44. The highest BCUT2D eigenvalue weighted by molar-refractivity contribution is 6.31. The second kappa shape index (κ2) is 8.85. The summed E-state index contributed by atoms with van der Waals surface area (Å²) in [6.45, 7) is 2.97. The Morgan fingerprint density at radius 3 is 2.92 bits per heavy atom. The summed E-state index contributed by atoms with van der Waals surface area (Å²) in [6.07, 6.45) is 3.62. The van der Waals surface area contributed by atoms with E-state index < -0.39 is 0 Å². The summed E-state index contributed by atoms with van der Waals surface area (Å²) in [5.74, 6) is 0.541. The van der Waals surface area contributed by atoms with Gasteiger partial charge in [0, 0.05) is 18.0 Å². The second-order valence-corrected chi connectivity index (χ2v) is 6.79. The van der Waals surface area contributed by atoms with Gasteiger partial charge in [-0.1, -0.05) is 18.0 Å². The van der Waals surface area contributed by atoms with Gasteiger partial charge in [0.25, 0.3) is 0 Å². The number of piperidine rings is 1. The van der Waals surface area contributed by atoms with Gasteiger partial charge in [-0.2, -0.15) is 0 Å². The largest absolute Gasteiger partial charge is 0.495 e. The number of methoxy groups -OCH3 is 1. The lowest BCUT2D eigenvalue weighted by atomic mass is 10.0. The average molecular weight is 369 g/mol. The molecule has 6 nitrogen and oxygen atoms in total. The van der Waals surface area contributed by atoms with Gasteiger partial charge in [0.2, 0.25) is 5.91 Å². The summed E-state index contributed by atoms with van der Waals surface area (Å²) in [7, 11) is 1.57. The van der Waals surface area contributed by atoms with E-state index in [2.05, 4.69) is 10.2 Å². The SMILES string of the molecule is COc1ccc(Cl)cc1NC(=O)CCN1CCCCC1C1OCCO1. The van der Waals surface area contributed by atoms with Crippen LogP contribution in [0, 0.1) is 0 Å². The zero-order valence-electron chi connectivity index (χ0n) is 14.5. The molecule has 2 heterocycles. The topological polar surface area (TPSA) is 60.0 Å². The third-order valence-electron chi connectivity index (χ3n) is 4.69. The Hall–Kier alpha value is -1.34. The van der Waals surface area contributed by atoms with E-state index >= 15 is 0 Å². The number of nitrogens with zero attached hydrogens (tertiary/aromatic N) is 1. The Bertz CT molecular complexity index is 592. The summed E-state index contributed by atoms with van der Waals surface area (Å²) >= 11 is 6.00. The van der Waals surface area contributed by atoms with Gasteiger partial charge in [-0.25, -0.2) is 0 Å². The smallest absolute Gasteiger partial charge is 0.225 e. The van der Waals surface area contributed by atoms with Gasteiger partial charge >= 0.3 is 0 Å². The molecule has 0 bridgehead atoms. The molecule has 0 radical (unpaired) electrons. The van der Waals surface area contributed by atoms with E-state index in [1.165, 1.54) is 6.42 Å². The van der Waals surface area contributed by atoms with Gasteiger partial charge in [-0.15, -0.1) is 0 Å². The molecule has 3 rings (SSSR count). The van der Waals surface area contributed by atoms with E-state index in [4.69, 9.17) is 25.8 Å². The lowest BCUT2D eigenvalue weighted by molar-refractivity contribution is -0.120. The van der Waals surface area contributed by atoms with Crippen molar-refractivity contribution in [3.8, 4) is 5.75 Å². The minimum absolute atomic E-state index is 0.0573. The Kier molecular flexibility index (Phi) is 6.53. The highest BCUT2D eigenvalue weighted by Gasteiger charge is 2.33. The van der Waals surface area contributed by atoms with Gasteiger partial charge in [0.1, 0.15) is 5.75 Å². The number of benzene rings is 1. The van der Waals surface area contributed by atoms with Crippen molar-refractivity contribution in [2.24, 2.45) is 0 Å². The highest BCUT2D eigenvalue weighted by Crippen LogP contribution is 2.28. The van der Waals surface area contributed by atoms with Crippen molar-refractivity contribution in [2.45, 2.75) is 38.0 Å². The maximum atomic E-state index is 12.4. The molecule has 2 aliphatic rings. The second-order valence-electron chi connectivity index (χ2n) is 6.35. The molecular weight excluding hydrogens is 344 g/mol. The highest BCUT2D eigenvalue weighted by atomic mass is 35.5. The number of nitrogens with one attached hydrogen (secondary N) is 1. The van der Waals surface area contributed by atoms with Crippen LogP contribution in [0.1, 0.15) is 25.7 Å². The van der Waals surface area contributed by atoms with Crippen LogP contribution in [0.25, 0.3) is 0 Å². The van der Waals surface area contributed by atoms with E-state index in [1.54, 1.807) is 25.3 Å². The summed E-state index contributed by atoms with van der Waals surface area (Å²) in [6, 6.07) is 5.41. The summed E-state index contributed by atoms with van der Waals surface area (Å²) in [4.78, 5) is 14.7. The summed E-state index contributed by atoms with van der Waals surface area (Å²) < 4.78 is 16.6. The summed E-state index contributed by atoms with van der Waals surface area (Å²) in [5.41, 5.74) is 0.595. The van der Waals surface area contributed by atoms with Crippen LogP contribution in [-0.2, 0) is 14.3 Å². The minimum Gasteiger partial charge on any atom is -0.495 e. The van der Waals surface area contributed by atoms with Crippen molar-refractivity contribution in [2.75, 3.05) is 38.7 Å². The molecule has 1 aromatic rings. The number of ether oxygens (including phenoxy) is 3. The van der Waals surface area contributed by atoms with Crippen LogP contribution in [-0.4, -0.2) is 56.6 Å². The number of likely N-dealkylation sites (tertiary alicyclic amines) is 1. The maximum Gasteiger partial charge on any atom is 0.225 e. The monoisotopic (exact) mass is 368 g/mol. The summed E-state index contributed by atoms with van der Waals surface area (Å²) in [5, 5.41) is 3.45. The normalized spacial score (nSPS) is 22.1. The number of carbonyl (C=O) groups is 1. The first-order valence-electron chi connectivity index (χ1n) is 8.78. The van der Waals surface area contributed by atoms with Gasteiger partial charge < -0.3 is 19.5 Å². The molecule has 1 amide bonds. The predicted octanol–water partition coefficient (Wildman–Crippen LogP) is 2.90. The van der Waals surface area contributed by atoms with Crippen molar-refractivity contribution in [1.82, 2.24) is 4.90 Å². The molecule has 0 saturated carbocycles. The molecule has 1 aromatic carbocycles. The Morgan fingerprint density at radius 1 is 1.36 bits per heavy atom. The number of amides is 1. The van der Waals surface area contributed by atoms with E-state index in [9.17, 15) is 4.79 Å². The third-order valence-corrected chi connectivity index (χ3v) is 4.92.